The lowest BCUT2D eigenvalue weighted by atomic mass is 9.95. The van der Waals surface area contributed by atoms with Crippen molar-refractivity contribution in [1.29, 1.82) is 0 Å². The maximum absolute atomic E-state index is 13.3. The Hall–Kier alpha value is -3.72. The summed E-state index contributed by atoms with van der Waals surface area (Å²) in [6.07, 6.45) is 6.83. The van der Waals surface area contributed by atoms with E-state index >= 15 is 0 Å². The van der Waals surface area contributed by atoms with Gasteiger partial charge in [0.2, 0.25) is 5.89 Å². The third kappa shape index (κ3) is 4.39. The average Bonchev–Trinajstić information content (AvgIpc) is 3.56. The van der Waals surface area contributed by atoms with Crippen molar-refractivity contribution in [1.82, 2.24) is 30.3 Å². The molecule has 1 saturated carbocycles. The van der Waals surface area contributed by atoms with E-state index in [0.29, 0.717) is 29.3 Å². The highest BCUT2D eigenvalue weighted by atomic mass is 19.1. The maximum atomic E-state index is 13.3. The van der Waals surface area contributed by atoms with Crippen molar-refractivity contribution in [2.45, 2.75) is 43.7 Å². The average molecular weight is 473 g/mol. The predicted molar refractivity (Wildman–Crippen MR) is 126 cm³/mol. The molecular weight excluding hydrogens is 447 g/mol. The van der Waals surface area contributed by atoms with E-state index in [1.807, 2.05) is 18.2 Å². The molecule has 0 atom stereocenters. The van der Waals surface area contributed by atoms with E-state index in [2.05, 4.69) is 30.3 Å². The first-order valence-corrected chi connectivity index (χ1v) is 11.9. The molecule has 1 aliphatic heterocycles. The molecule has 4 aromatic rings. The van der Waals surface area contributed by atoms with E-state index in [-0.39, 0.29) is 23.2 Å². The Balaban J connectivity index is 1.03. The molecule has 2 fully saturated rings. The number of benzene rings is 2. The van der Waals surface area contributed by atoms with Gasteiger partial charge in [-0.15, -0.1) is 0 Å². The zero-order valence-corrected chi connectivity index (χ0v) is 19.2. The Morgan fingerprint density at radius 2 is 1.80 bits per heavy atom. The van der Waals surface area contributed by atoms with Crippen molar-refractivity contribution in [2.24, 2.45) is 0 Å². The lowest BCUT2D eigenvalue weighted by molar-refractivity contribution is 0.0904. The number of hydrogen-bond acceptors (Lipinski definition) is 7. The second-order valence-electron chi connectivity index (χ2n) is 9.38. The number of carbonyl (C=O) groups is 1. The first-order valence-electron chi connectivity index (χ1n) is 11.9. The highest BCUT2D eigenvalue weighted by molar-refractivity contribution is 5.97. The van der Waals surface area contributed by atoms with Crippen molar-refractivity contribution >= 4 is 16.9 Å². The Morgan fingerprint density at radius 3 is 2.54 bits per heavy atom. The van der Waals surface area contributed by atoms with Crippen LogP contribution in [-0.2, 0) is 12.0 Å². The van der Waals surface area contributed by atoms with Gasteiger partial charge >= 0.3 is 0 Å². The summed E-state index contributed by atoms with van der Waals surface area (Å²) in [6, 6.07) is 12.1. The number of amides is 1. The molecule has 2 aromatic heterocycles. The summed E-state index contributed by atoms with van der Waals surface area (Å²) in [7, 11) is 0. The molecule has 1 saturated heterocycles. The molecule has 1 amide bonds. The van der Waals surface area contributed by atoms with Gasteiger partial charge < -0.3 is 9.84 Å². The quantitative estimate of drug-likeness (QED) is 0.458. The standard InChI is InChI=1S/C26H25FN6O2/c27-19-4-2-18(3-5-19)26(9-10-26)25-31-23(35-32-25)16-33-13-7-20(8-14-33)30-24(34)17-1-6-21-22(15-17)29-12-11-28-21/h1-6,11-12,15,20H,7-10,13-14,16H2,(H,30,34). The number of fused-ring (bicyclic) bond motifs is 1. The highest BCUT2D eigenvalue weighted by Crippen LogP contribution is 2.52. The van der Waals surface area contributed by atoms with Gasteiger partial charge in [0.15, 0.2) is 5.82 Å². The van der Waals surface area contributed by atoms with Crippen molar-refractivity contribution in [3.05, 3.63) is 83.5 Å². The van der Waals surface area contributed by atoms with Gasteiger partial charge in [0.25, 0.3) is 5.91 Å². The predicted octanol–water partition coefficient (Wildman–Crippen LogP) is 3.63. The second-order valence-corrected chi connectivity index (χ2v) is 9.38. The van der Waals surface area contributed by atoms with Crippen LogP contribution in [0.3, 0.4) is 0 Å². The van der Waals surface area contributed by atoms with Gasteiger partial charge in [0, 0.05) is 37.1 Å². The molecule has 9 heteroatoms. The lowest BCUT2D eigenvalue weighted by Gasteiger charge is -2.31. The summed E-state index contributed by atoms with van der Waals surface area (Å²) >= 11 is 0. The second kappa shape index (κ2) is 8.81. The smallest absolute Gasteiger partial charge is 0.251 e. The Morgan fingerprint density at radius 1 is 1.06 bits per heavy atom. The normalized spacial score (nSPS) is 18.0. The van der Waals surface area contributed by atoms with Gasteiger partial charge in [-0.25, -0.2) is 4.39 Å². The van der Waals surface area contributed by atoms with Crippen molar-refractivity contribution in [3.8, 4) is 0 Å². The van der Waals surface area contributed by atoms with E-state index in [1.54, 1.807) is 24.5 Å². The number of piperidine rings is 1. The lowest BCUT2D eigenvalue weighted by Crippen LogP contribution is -2.44. The van der Waals surface area contributed by atoms with Crippen molar-refractivity contribution in [3.63, 3.8) is 0 Å². The molecule has 1 N–H and O–H groups in total. The molecule has 35 heavy (non-hydrogen) atoms. The molecule has 0 bridgehead atoms. The van der Waals surface area contributed by atoms with Gasteiger partial charge in [0.1, 0.15) is 5.82 Å². The molecule has 1 aliphatic carbocycles. The van der Waals surface area contributed by atoms with Gasteiger partial charge in [-0.3, -0.25) is 19.7 Å². The number of rotatable bonds is 6. The third-order valence-electron chi connectivity index (χ3n) is 7.06. The van der Waals surface area contributed by atoms with Gasteiger partial charge in [-0.05, 0) is 61.6 Å². The fourth-order valence-electron chi connectivity index (χ4n) is 4.85. The van der Waals surface area contributed by atoms with Crippen LogP contribution < -0.4 is 5.32 Å². The SMILES string of the molecule is O=C(NC1CCN(Cc2nc(C3(c4ccc(F)cc4)CC3)no2)CC1)c1ccc2nccnc2c1. The number of halogens is 1. The first-order chi connectivity index (χ1) is 17.1. The molecule has 3 heterocycles. The summed E-state index contributed by atoms with van der Waals surface area (Å²) in [5, 5.41) is 7.40. The zero-order chi connectivity index (χ0) is 23.8. The maximum Gasteiger partial charge on any atom is 0.251 e. The van der Waals surface area contributed by atoms with Gasteiger partial charge in [-0.1, -0.05) is 17.3 Å². The summed E-state index contributed by atoms with van der Waals surface area (Å²) < 4.78 is 18.9. The van der Waals surface area contributed by atoms with Crippen LogP contribution in [0.5, 0.6) is 0 Å². The van der Waals surface area contributed by atoms with E-state index in [9.17, 15) is 9.18 Å². The van der Waals surface area contributed by atoms with Crippen LogP contribution in [0.2, 0.25) is 0 Å². The van der Waals surface area contributed by atoms with Crippen LogP contribution in [-0.4, -0.2) is 50.0 Å². The van der Waals surface area contributed by atoms with Crippen LogP contribution in [0, 0.1) is 5.82 Å². The fourth-order valence-corrected chi connectivity index (χ4v) is 4.85. The molecule has 2 aromatic carbocycles. The molecule has 6 rings (SSSR count). The van der Waals surface area contributed by atoms with E-state index < -0.39 is 0 Å². The van der Waals surface area contributed by atoms with Crippen LogP contribution in [0.25, 0.3) is 11.0 Å². The molecule has 0 unspecified atom stereocenters. The van der Waals surface area contributed by atoms with Crippen LogP contribution >= 0.6 is 0 Å². The molecule has 0 spiro atoms. The minimum atomic E-state index is -0.249. The van der Waals surface area contributed by atoms with E-state index in [4.69, 9.17) is 4.52 Å². The minimum absolute atomic E-state index is 0.0897. The third-order valence-corrected chi connectivity index (χ3v) is 7.06. The van der Waals surface area contributed by atoms with E-state index in [1.165, 1.54) is 12.1 Å². The largest absolute Gasteiger partial charge is 0.349 e. The minimum Gasteiger partial charge on any atom is -0.349 e. The molecular formula is C26H25FN6O2. The van der Waals surface area contributed by atoms with Crippen LogP contribution in [0.4, 0.5) is 4.39 Å². The topological polar surface area (TPSA) is 97.0 Å². The number of likely N-dealkylation sites (tertiary alicyclic amines) is 1. The summed E-state index contributed by atoms with van der Waals surface area (Å²) in [5.41, 5.74) is 2.85. The summed E-state index contributed by atoms with van der Waals surface area (Å²) in [6.45, 7) is 2.24. The fraction of sp³-hybridized carbons (Fsp3) is 0.346. The Labute approximate surface area is 201 Å². The number of carbonyl (C=O) groups excluding carboxylic acids is 1. The molecule has 0 radical (unpaired) electrons. The van der Waals surface area contributed by atoms with Crippen LogP contribution in [0.15, 0.2) is 59.4 Å². The Bertz CT molecular complexity index is 1360. The monoisotopic (exact) mass is 472 g/mol. The van der Waals surface area contributed by atoms with Gasteiger partial charge in [-0.2, -0.15) is 4.98 Å². The number of nitrogens with zero attached hydrogens (tertiary/aromatic N) is 5. The number of hydrogen-bond donors (Lipinski definition) is 1. The molecule has 8 nitrogen and oxygen atoms in total. The highest BCUT2D eigenvalue weighted by Gasteiger charge is 2.50. The summed E-state index contributed by atoms with van der Waals surface area (Å²) in [5.74, 6) is 0.937. The zero-order valence-electron chi connectivity index (χ0n) is 19.2. The molecule has 2 aliphatic rings. The number of aromatic nitrogens is 4. The van der Waals surface area contributed by atoms with Crippen LogP contribution in [0.1, 0.15) is 53.3 Å². The van der Waals surface area contributed by atoms with Crippen molar-refractivity contribution in [2.75, 3.05) is 13.1 Å². The summed E-state index contributed by atoms with van der Waals surface area (Å²) in [4.78, 5) is 28.2. The van der Waals surface area contributed by atoms with Gasteiger partial charge in [0.05, 0.1) is 23.0 Å². The van der Waals surface area contributed by atoms with E-state index in [0.717, 1.165) is 49.9 Å². The number of nitrogens with one attached hydrogen (secondary N) is 1. The van der Waals surface area contributed by atoms with Crippen molar-refractivity contribution < 1.29 is 13.7 Å². The molecule has 178 valence electrons. The Kier molecular flexibility index (Phi) is 5.49. The first kappa shape index (κ1) is 21.8.